The Labute approximate surface area is 167 Å². The number of hydrogen-bond donors (Lipinski definition) is 1. The lowest BCUT2D eigenvalue weighted by molar-refractivity contribution is 0.197. The molecule has 140 valence electrons. The van der Waals surface area contributed by atoms with Crippen LogP contribution in [0.2, 0.25) is 0 Å². The molecule has 3 heterocycles. The van der Waals surface area contributed by atoms with Gasteiger partial charge in [0.05, 0.1) is 28.8 Å². The first-order valence-electron chi connectivity index (χ1n) is 8.95. The van der Waals surface area contributed by atoms with Crippen molar-refractivity contribution in [3.05, 3.63) is 64.1 Å². The Bertz CT molecular complexity index is 921. The predicted molar refractivity (Wildman–Crippen MR) is 113 cm³/mol. The van der Waals surface area contributed by atoms with Crippen LogP contribution in [0.5, 0.6) is 0 Å². The second-order valence-electron chi connectivity index (χ2n) is 6.52. The first-order valence-corrected chi connectivity index (χ1v) is 11.0. The summed E-state index contributed by atoms with van der Waals surface area (Å²) in [6.45, 7) is 4.68. The molecular formula is C20H22N4OS2. The molecule has 4 rings (SSSR count). The number of amides is 2. The van der Waals surface area contributed by atoms with Crippen molar-refractivity contribution in [3.63, 3.8) is 0 Å². The highest BCUT2D eigenvalue weighted by Gasteiger charge is 2.30. The molecular weight excluding hydrogens is 376 g/mol. The van der Waals surface area contributed by atoms with E-state index in [0.717, 1.165) is 40.8 Å². The van der Waals surface area contributed by atoms with Gasteiger partial charge < -0.3 is 10.2 Å². The largest absolute Gasteiger partial charge is 0.322 e. The van der Waals surface area contributed by atoms with Crippen molar-refractivity contribution in [2.75, 3.05) is 23.4 Å². The monoisotopic (exact) mass is 398 g/mol. The normalized spacial score (nSPS) is 17.1. The maximum atomic E-state index is 13.1. The number of urea groups is 1. The Morgan fingerprint density at radius 2 is 2.00 bits per heavy atom. The standard InChI is InChI=1S/C20H22N4OS2/c1-14-19(15(2)24(22-14)16-7-4-3-5-8-16)21-20(25)23-10-12-26-13-17(23)18-9-6-11-27-18/h3-9,11,17H,10,12-13H2,1-2H3,(H,21,25). The number of aromatic nitrogens is 2. The minimum atomic E-state index is -0.0486. The van der Waals surface area contributed by atoms with E-state index in [9.17, 15) is 4.79 Å². The minimum absolute atomic E-state index is 0.0486. The van der Waals surface area contributed by atoms with E-state index in [1.807, 2.05) is 71.6 Å². The van der Waals surface area contributed by atoms with E-state index in [0.29, 0.717) is 0 Å². The average Bonchev–Trinajstić information content (AvgIpc) is 3.33. The molecule has 7 heteroatoms. The van der Waals surface area contributed by atoms with Crippen molar-refractivity contribution in [1.82, 2.24) is 14.7 Å². The van der Waals surface area contributed by atoms with Crippen LogP contribution in [-0.2, 0) is 0 Å². The molecule has 5 nitrogen and oxygen atoms in total. The molecule has 1 saturated heterocycles. The molecule has 0 bridgehead atoms. The van der Waals surface area contributed by atoms with Crippen molar-refractivity contribution in [2.45, 2.75) is 19.9 Å². The Hall–Kier alpha value is -2.25. The second kappa shape index (κ2) is 7.78. The summed E-state index contributed by atoms with van der Waals surface area (Å²) >= 11 is 3.62. The molecule has 27 heavy (non-hydrogen) atoms. The van der Waals surface area contributed by atoms with Crippen LogP contribution in [0, 0.1) is 13.8 Å². The summed E-state index contributed by atoms with van der Waals surface area (Å²) in [4.78, 5) is 16.3. The summed E-state index contributed by atoms with van der Waals surface area (Å²) in [5, 5.41) is 9.83. The molecule has 0 spiro atoms. The van der Waals surface area contributed by atoms with E-state index >= 15 is 0 Å². The Kier molecular flexibility index (Phi) is 5.22. The maximum Gasteiger partial charge on any atom is 0.322 e. The third-order valence-electron chi connectivity index (χ3n) is 4.78. The van der Waals surface area contributed by atoms with Crippen LogP contribution in [-0.4, -0.2) is 38.8 Å². The Morgan fingerprint density at radius 1 is 1.19 bits per heavy atom. The van der Waals surface area contributed by atoms with Gasteiger partial charge in [0.15, 0.2) is 0 Å². The van der Waals surface area contributed by atoms with Crippen molar-refractivity contribution in [1.29, 1.82) is 0 Å². The van der Waals surface area contributed by atoms with Gasteiger partial charge >= 0.3 is 6.03 Å². The van der Waals surface area contributed by atoms with E-state index in [1.165, 1.54) is 4.88 Å². The number of nitrogens with zero attached hydrogens (tertiary/aromatic N) is 3. The number of carbonyl (C=O) groups is 1. The number of nitrogens with one attached hydrogen (secondary N) is 1. The van der Waals surface area contributed by atoms with E-state index in [4.69, 9.17) is 0 Å². The molecule has 1 aliphatic heterocycles. The van der Waals surface area contributed by atoms with Crippen LogP contribution in [0.4, 0.5) is 10.5 Å². The van der Waals surface area contributed by atoms with Gasteiger partial charge in [0.1, 0.15) is 0 Å². The number of carbonyl (C=O) groups excluding carboxylic acids is 1. The highest BCUT2D eigenvalue weighted by molar-refractivity contribution is 7.99. The van der Waals surface area contributed by atoms with Gasteiger partial charge in [-0.2, -0.15) is 16.9 Å². The lowest BCUT2D eigenvalue weighted by atomic mass is 10.2. The maximum absolute atomic E-state index is 13.1. The highest BCUT2D eigenvalue weighted by atomic mass is 32.2. The van der Waals surface area contributed by atoms with Crippen molar-refractivity contribution >= 4 is 34.8 Å². The second-order valence-corrected chi connectivity index (χ2v) is 8.65. The van der Waals surface area contributed by atoms with Gasteiger partial charge in [-0.1, -0.05) is 24.3 Å². The summed E-state index contributed by atoms with van der Waals surface area (Å²) in [7, 11) is 0. The molecule has 1 aliphatic rings. The SMILES string of the molecule is Cc1nn(-c2ccccc2)c(C)c1NC(=O)N1CCSCC1c1cccs1. The molecule has 1 fully saturated rings. The summed E-state index contributed by atoms with van der Waals surface area (Å²) < 4.78 is 1.88. The zero-order valence-corrected chi connectivity index (χ0v) is 17.0. The Morgan fingerprint density at radius 3 is 2.74 bits per heavy atom. The molecule has 1 N–H and O–H groups in total. The number of thioether (sulfide) groups is 1. The van der Waals surface area contributed by atoms with Gasteiger partial charge in [-0.25, -0.2) is 9.48 Å². The fourth-order valence-electron chi connectivity index (χ4n) is 3.39. The van der Waals surface area contributed by atoms with Crippen LogP contribution in [0.3, 0.4) is 0 Å². The van der Waals surface area contributed by atoms with Crippen molar-refractivity contribution in [3.8, 4) is 5.69 Å². The lowest BCUT2D eigenvalue weighted by Crippen LogP contribution is -2.43. The summed E-state index contributed by atoms with van der Waals surface area (Å²) in [5.74, 6) is 1.91. The van der Waals surface area contributed by atoms with Crippen LogP contribution in [0.25, 0.3) is 5.69 Å². The molecule has 1 unspecified atom stereocenters. The molecule has 0 saturated carbocycles. The number of anilines is 1. The molecule has 2 amide bonds. The van der Waals surface area contributed by atoms with Gasteiger partial charge in [-0.05, 0) is 37.4 Å². The summed E-state index contributed by atoms with van der Waals surface area (Å²) in [6.07, 6.45) is 0. The van der Waals surface area contributed by atoms with Gasteiger partial charge in [-0.3, -0.25) is 0 Å². The predicted octanol–water partition coefficient (Wildman–Crippen LogP) is 4.87. The fourth-order valence-corrected chi connectivity index (χ4v) is 5.41. The van der Waals surface area contributed by atoms with Crippen LogP contribution in [0.15, 0.2) is 47.8 Å². The van der Waals surface area contributed by atoms with Crippen LogP contribution >= 0.6 is 23.1 Å². The number of para-hydroxylation sites is 1. The summed E-state index contributed by atoms with van der Waals surface area (Å²) in [5.41, 5.74) is 3.55. The molecule has 2 aromatic heterocycles. The minimum Gasteiger partial charge on any atom is -0.315 e. The van der Waals surface area contributed by atoms with Crippen LogP contribution < -0.4 is 5.32 Å². The van der Waals surface area contributed by atoms with Gasteiger partial charge in [-0.15, -0.1) is 11.3 Å². The zero-order valence-electron chi connectivity index (χ0n) is 15.4. The average molecular weight is 399 g/mol. The molecule has 1 aromatic carbocycles. The van der Waals surface area contributed by atoms with Crippen molar-refractivity contribution in [2.24, 2.45) is 0 Å². The van der Waals surface area contributed by atoms with Crippen molar-refractivity contribution < 1.29 is 4.79 Å². The molecule has 0 aliphatic carbocycles. The smallest absolute Gasteiger partial charge is 0.315 e. The quantitative estimate of drug-likeness (QED) is 0.685. The Balaban J connectivity index is 1.58. The number of hydrogen-bond acceptors (Lipinski definition) is 4. The summed E-state index contributed by atoms with van der Waals surface area (Å²) in [6, 6.07) is 14.2. The molecule has 1 atom stereocenters. The number of thiophene rings is 1. The van der Waals surface area contributed by atoms with Gasteiger partial charge in [0.25, 0.3) is 0 Å². The van der Waals surface area contributed by atoms with E-state index in [2.05, 4.69) is 21.9 Å². The number of rotatable bonds is 3. The number of benzene rings is 1. The number of aryl methyl sites for hydroxylation is 1. The molecule has 3 aromatic rings. The van der Waals surface area contributed by atoms with E-state index < -0.39 is 0 Å². The first kappa shape index (κ1) is 18.1. The van der Waals surface area contributed by atoms with Gasteiger partial charge in [0.2, 0.25) is 0 Å². The zero-order chi connectivity index (χ0) is 18.8. The van der Waals surface area contributed by atoms with E-state index in [1.54, 1.807) is 11.3 Å². The highest BCUT2D eigenvalue weighted by Crippen LogP contribution is 2.33. The van der Waals surface area contributed by atoms with E-state index in [-0.39, 0.29) is 12.1 Å². The lowest BCUT2D eigenvalue weighted by Gasteiger charge is -2.34. The molecule has 0 radical (unpaired) electrons. The topological polar surface area (TPSA) is 50.2 Å². The fraction of sp³-hybridized carbons (Fsp3) is 0.300. The first-order chi connectivity index (χ1) is 13.1. The van der Waals surface area contributed by atoms with Crippen LogP contribution in [0.1, 0.15) is 22.3 Å². The third-order valence-corrected chi connectivity index (χ3v) is 6.78. The third kappa shape index (κ3) is 3.61. The van der Waals surface area contributed by atoms with Gasteiger partial charge in [0, 0.05) is 22.9 Å².